The molecule has 1 N–H and O–H groups in total. The molecule has 0 atom stereocenters. The second-order valence-electron chi connectivity index (χ2n) is 3.36. The highest BCUT2D eigenvalue weighted by Crippen LogP contribution is 2.21. The predicted octanol–water partition coefficient (Wildman–Crippen LogP) is 2.87. The Morgan fingerprint density at radius 2 is 2.29 bits per heavy atom. The molecule has 1 rings (SSSR count). The Morgan fingerprint density at radius 3 is 2.71 bits per heavy atom. The van der Waals surface area contributed by atoms with Crippen LogP contribution in [-0.2, 0) is 11.3 Å². The summed E-state index contributed by atoms with van der Waals surface area (Å²) in [5, 5.41) is 2.53. The summed E-state index contributed by atoms with van der Waals surface area (Å²) < 4.78 is 14.1. The smallest absolute Gasteiger partial charge is 0.257 e. The van der Waals surface area contributed by atoms with Gasteiger partial charge in [0.05, 0.1) is 10.3 Å². The van der Waals surface area contributed by atoms with Crippen LogP contribution in [-0.4, -0.2) is 11.6 Å². The maximum atomic E-state index is 13.1. The molecule has 0 aliphatic rings. The minimum atomic E-state index is -1.81. The van der Waals surface area contributed by atoms with Crippen LogP contribution in [0.1, 0.15) is 18.7 Å². The van der Waals surface area contributed by atoms with Gasteiger partial charge in [-0.1, -0.05) is 0 Å². The third kappa shape index (κ3) is 3.38. The summed E-state index contributed by atoms with van der Waals surface area (Å²) in [7, 11) is 0. The van der Waals surface area contributed by atoms with Gasteiger partial charge in [0.1, 0.15) is 0 Å². The quantitative estimate of drug-likeness (QED) is 0.906. The van der Waals surface area contributed by atoms with Crippen molar-refractivity contribution in [2.45, 2.75) is 26.1 Å². The highest BCUT2D eigenvalue weighted by atomic mass is 79.9. The third-order valence-electron chi connectivity index (χ3n) is 1.59. The number of carbonyl (C=O) groups excluding carboxylic acids is 1. The second kappa shape index (κ2) is 4.40. The average molecular weight is 280 g/mol. The molecular weight excluding hydrogens is 269 g/mol. The topological polar surface area (TPSA) is 29.1 Å². The Bertz CT molecular complexity index is 332. The van der Waals surface area contributed by atoms with Gasteiger partial charge in [-0.2, -0.15) is 0 Å². The highest BCUT2D eigenvalue weighted by molar-refractivity contribution is 9.11. The summed E-state index contributed by atoms with van der Waals surface area (Å²) >= 11 is 4.83. The van der Waals surface area contributed by atoms with Crippen LogP contribution in [0.5, 0.6) is 0 Å². The van der Waals surface area contributed by atoms with Crippen LogP contribution in [0.4, 0.5) is 4.39 Å². The summed E-state index contributed by atoms with van der Waals surface area (Å²) in [4.78, 5) is 12.1. The average Bonchev–Trinajstić information content (AvgIpc) is 2.45. The monoisotopic (exact) mass is 279 g/mol. The van der Waals surface area contributed by atoms with Gasteiger partial charge in [-0.05, 0) is 41.9 Å². The fourth-order valence-electron chi connectivity index (χ4n) is 0.824. The maximum absolute atomic E-state index is 13.1. The van der Waals surface area contributed by atoms with E-state index in [2.05, 4.69) is 21.2 Å². The van der Waals surface area contributed by atoms with E-state index in [1.54, 1.807) is 0 Å². The Morgan fingerprint density at radius 1 is 1.64 bits per heavy atom. The molecule has 0 aliphatic carbocycles. The van der Waals surface area contributed by atoms with E-state index in [1.165, 1.54) is 25.2 Å². The zero-order valence-electron chi connectivity index (χ0n) is 7.93. The van der Waals surface area contributed by atoms with Gasteiger partial charge >= 0.3 is 0 Å². The first kappa shape index (κ1) is 11.7. The van der Waals surface area contributed by atoms with Crippen molar-refractivity contribution in [3.05, 3.63) is 20.8 Å². The summed E-state index contributed by atoms with van der Waals surface area (Å²) in [6.07, 6.45) is 0. The third-order valence-corrected chi connectivity index (χ3v) is 3.22. The van der Waals surface area contributed by atoms with Crippen molar-refractivity contribution in [3.8, 4) is 0 Å². The highest BCUT2D eigenvalue weighted by Gasteiger charge is 2.25. The standard InChI is InChI=1S/C9H11BrFNOS/c1-9(2,11)8(13)12-5-6-3-4-7(10)14-6/h3-4H,5H2,1-2H3,(H,12,13). The molecule has 0 bridgehead atoms. The Hall–Kier alpha value is -0.420. The normalized spacial score (nSPS) is 11.4. The molecule has 0 saturated heterocycles. The number of alkyl halides is 1. The maximum Gasteiger partial charge on any atom is 0.257 e. The van der Waals surface area contributed by atoms with Crippen molar-refractivity contribution >= 4 is 33.2 Å². The van der Waals surface area contributed by atoms with Crippen molar-refractivity contribution in [1.29, 1.82) is 0 Å². The van der Waals surface area contributed by atoms with Gasteiger partial charge in [0, 0.05) is 4.88 Å². The molecule has 1 aromatic rings. The summed E-state index contributed by atoms with van der Waals surface area (Å²) in [5.74, 6) is -0.581. The van der Waals surface area contributed by atoms with E-state index in [9.17, 15) is 9.18 Å². The second-order valence-corrected chi connectivity index (χ2v) is 5.91. The van der Waals surface area contributed by atoms with E-state index in [-0.39, 0.29) is 0 Å². The van der Waals surface area contributed by atoms with Gasteiger partial charge in [-0.3, -0.25) is 4.79 Å². The lowest BCUT2D eigenvalue weighted by molar-refractivity contribution is -0.130. The molecule has 5 heteroatoms. The molecule has 1 aromatic heterocycles. The van der Waals surface area contributed by atoms with Crippen molar-refractivity contribution in [2.24, 2.45) is 0 Å². The zero-order chi connectivity index (χ0) is 10.8. The molecule has 0 aliphatic heterocycles. The molecule has 0 unspecified atom stereocenters. The van der Waals surface area contributed by atoms with E-state index in [1.807, 2.05) is 12.1 Å². The number of hydrogen-bond donors (Lipinski definition) is 1. The number of carbonyl (C=O) groups is 1. The lowest BCUT2D eigenvalue weighted by Crippen LogP contribution is -2.38. The molecule has 0 radical (unpaired) electrons. The first-order valence-corrected chi connectivity index (χ1v) is 5.72. The zero-order valence-corrected chi connectivity index (χ0v) is 10.3. The number of amides is 1. The van der Waals surface area contributed by atoms with Crippen LogP contribution >= 0.6 is 27.3 Å². The minimum Gasteiger partial charge on any atom is -0.348 e. The van der Waals surface area contributed by atoms with E-state index >= 15 is 0 Å². The van der Waals surface area contributed by atoms with Gasteiger partial charge in [0.25, 0.3) is 5.91 Å². The van der Waals surface area contributed by atoms with Crippen molar-refractivity contribution in [2.75, 3.05) is 0 Å². The molecule has 0 saturated carbocycles. The van der Waals surface area contributed by atoms with Gasteiger partial charge in [-0.25, -0.2) is 4.39 Å². The number of rotatable bonds is 3. The van der Waals surface area contributed by atoms with Crippen LogP contribution in [0.3, 0.4) is 0 Å². The molecule has 2 nitrogen and oxygen atoms in total. The Balaban J connectivity index is 2.46. The van der Waals surface area contributed by atoms with Crippen molar-refractivity contribution in [3.63, 3.8) is 0 Å². The van der Waals surface area contributed by atoms with E-state index in [0.29, 0.717) is 6.54 Å². The fourth-order valence-corrected chi connectivity index (χ4v) is 2.25. The van der Waals surface area contributed by atoms with Crippen LogP contribution in [0.2, 0.25) is 0 Å². The van der Waals surface area contributed by atoms with Crippen LogP contribution in [0.25, 0.3) is 0 Å². The molecule has 78 valence electrons. The van der Waals surface area contributed by atoms with Crippen molar-refractivity contribution < 1.29 is 9.18 Å². The van der Waals surface area contributed by atoms with E-state index in [4.69, 9.17) is 0 Å². The first-order chi connectivity index (χ1) is 6.39. The Labute approximate surface area is 94.6 Å². The Kier molecular flexibility index (Phi) is 3.66. The lowest BCUT2D eigenvalue weighted by Gasteiger charge is -2.13. The van der Waals surface area contributed by atoms with Gasteiger partial charge in [0.15, 0.2) is 5.67 Å². The number of nitrogens with one attached hydrogen (secondary N) is 1. The molecule has 14 heavy (non-hydrogen) atoms. The fraction of sp³-hybridized carbons (Fsp3) is 0.444. The largest absolute Gasteiger partial charge is 0.348 e. The molecule has 0 aromatic carbocycles. The molecule has 0 spiro atoms. The van der Waals surface area contributed by atoms with Crippen LogP contribution in [0.15, 0.2) is 15.9 Å². The van der Waals surface area contributed by atoms with Crippen LogP contribution < -0.4 is 5.32 Å². The van der Waals surface area contributed by atoms with Gasteiger partial charge in [0.2, 0.25) is 0 Å². The van der Waals surface area contributed by atoms with Crippen LogP contribution in [0, 0.1) is 0 Å². The lowest BCUT2D eigenvalue weighted by atomic mass is 10.1. The molecule has 1 heterocycles. The molecular formula is C9H11BrFNOS. The number of halogens is 2. The van der Waals surface area contributed by atoms with Gasteiger partial charge in [-0.15, -0.1) is 11.3 Å². The summed E-state index contributed by atoms with van der Waals surface area (Å²) in [6.45, 7) is 2.86. The summed E-state index contributed by atoms with van der Waals surface area (Å²) in [6, 6.07) is 3.78. The van der Waals surface area contributed by atoms with Gasteiger partial charge < -0.3 is 5.32 Å². The van der Waals surface area contributed by atoms with Crippen molar-refractivity contribution in [1.82, 2.24) is 5.32 Å². The first-order valence-electron chi connectivity index (χ1n) is 4.11. The molecule has 1 amide bonds. The SMILES string of the molecule is CC(C)(F)C(=O)NCc1ccc(Br)s1. The number of hydrogen-bond acceptors (Lipinski definition) is 2. The van der Waals surface area contributed by atoms with E-state index < -0.39 is 11.6 Å². The minimum absolute atomic E-state index is 0.377. The summed E-state index contributed by atoms with van der Waals surface area (Å²) in [5.41, 5.74) is -1.81. The predicted molar refractivity (Wildman–Crippen MR) is 59.1 cm³/mol. The molecule has 0 fully saturated rings. The van der Waals surface area contributed by atoms with E-state index in [0.717, 1.165) is 8.66 Å². The number of thiophene rings is 1.